The summed E-state index contributed by atoms with van der Waals surface area (Å²) in [5.41, 5.74) is 15.5. The number of para-hydroxylation sites is 3. The van der Waals surface area contributed by atoms with Crippen LogP contribution in [0.15, 0.2) is 191 Å². The maximum Gasteiger partial charge on any atom is 0.143 e. The van der Waals surface area contributed by atoms with Gasteiger partial charge in [-0.15, -0.1) is 0 Å². The van der Waals surface area contributed by atoms with Crippen molar-refractivity contribution in [2.45, 2.75) is 32.6 Å². The van der Waals surface area contributed by atoms with E-state index in [-0.39, 0.29) is 0 Å². The highest BCUT2D eigenvalue weighted by Gasteiger charge is 2.26. The quantitative estimate of drug-likeness (QED) is 0.161. The van der Waals surface area contributed by atoms with Crippen LogP contribution in [0.3, 0.4) is 0 Å². The predicted octanol–water partition coefficient (Wildman–Crippen LogP) is 16.8. The Morgan fingerprint density at radius 1 is 0.516 bits per heavy atom. The van der Waals surface area contributed by atoms with Crippen molar-refractivity contribution in [3.8, 4) is 11.1 Å². The van der Waals surface area contributed by atoms with Crippen molar-refractivity contribution in [1.82, 2.24) is 0 Å². The molecule has 2 atom stereocenters. The molecule has 0 aliphatic heterocycles. The zero-order chi connectivity index (χ0) is 41.3. The molecule has 0 fully saturated rings. The topological polar surface area (TPSA) is 32.8 Å². The number of hydrogen-bond donors (Lipinski definition) is 0. The van der Waals surface area contributed by atoms with E-state index in [4.69, 9.17) is 8.83 Å². The summed E-state index contributed by atoms with van der Waals surface area (Å²) in [7, 11) is 0. The summed E-state index contributed by atoms with van der Waals surface area (Å²) in [4.78, 5) is 4.74. The molecular formula is C58H44N2O2. The molecule has 2 heterocycles. The second-order valence-corrected chi connectivity index (χ2v) is 17.0. The van der Waals surface area contributed by atoms with Gasteiger partial charge in [-0.25, -0.2) is 0 Å². The maximum absolute atomic E-state index is 7.12. The third-order valence-corrected chi connectivity index (χ3v) is 13.0. The van der Waals surface area contributed by atoms with Crippen LogP contribution in [-0.4, -0.2) is 0 Å². The third kappa shape index (κ3) is 5.89. The SMILES string of the molecule is CC1C=Cc2c(c3cc(N(c4ccccc4)c4ccc5oc6c(c5c4)C(C)CC=C6)ccc3c3oc4cc(N(c5ccccc5)c5ccccc5-c5ccccc5)ccc4c23)C1. The molecule has 4 nitrogen and oxygen atoms in total. The van der Waals surface area contributed by atoms with Gasteiger partial charge in [-0.1, -0.05) is 117 Å². The van der Waals surface area contributed by atoms with E-state index in [1.54, 1.807) is 0 Å². The molecule has 62 heavy (non-hydrogen) atoms. The standard InChI is InChI=1S/C58H44N2O2/c1-37-25-29-46-49(33-37)50-34-42(59(40-18-8-4-9-19-40)43-28-32-53-51(35-43)56-38(2)15-14-24-54(56)61-53)26-30-47(50)58-57(46)48-31-27-44(36-55(48)62-58)60(41-20-10-5-11-21-41)52-23-13-12-22-45(52)39-16-6-3-7-17-39/h3-14,16-32,34-38H,15,33H2,1-2H3. The van der Waals surface area contributed by atoms with E-state index in [1.165, 1.54) is 38.4 Å². The fraction of sp³-hybridized carbons (Fsp3) is 0.103. The first kappa shape index (κ1) is 36.3. The Morgan fingerprint density at radius 3 is 1.94 bits per heavy atom. The number of allylic oxidation sites excluding steroid dienone is 2. The second-order valence-electron chi connectivity index (χ2n) is 17.0. The van der Waals surface area contributed by atoms with E-state index < -0.39 is 0 Å². The highest BCUT2D eigenvalue weighted by atomic mass is 16.3. The van der Waals surface area contributed by atoms with Crippen LogP contribution in [0.1, 0.15) is 48.6 Å². The number of anilines is 6. The molecule has 12 rings (SSSR count). The van der Waals surface area contributed by atoms with Gasteiger partial charge < -0.3 is 18.6 Å². The first-order valence-electron chi connectivity index (χ1n) is 21.8. The summed E-state index contributed by atoms with van der Waals surface area (Å²) >= 11 is 0. The van der Waals surface area contributed by atoms with Gasteiger partial charge in [0, 0.05) is 67.2 Å². The Bertz CT molecular complexity index is 3390. The molecule has 2 unspecified atom stereocenters. The van der Waals surface area contributed by atoms with Crippen molar-refractivity contribution in [3.63, 3.8) is 0 Å². The van der Waals surface area contributed by atoms with Gasteiger partial charge >= 0.3 is 0 Å². The average molecular weight is 801 g/mol. The second kappa shape index (κ2) is 14.6. The predicted molar refractivity (Wildman–Crippen MR) is 260 cm³/mol. The molecule has 2 aliphatic rings. The fourth-order valence-electron chi connectivity index (χ4n) is 10.1. The van der Waals surface area contributed by atoms with Crippen LogP contribution in [0, 0.1) is 5.92 Å². The minimum atomic E-state index is 0.396. The average Bonchev–Trinajstić information content (AvgIpc) is 3.90. The molecule has 0 radical (unpaired) electrons. The van der Waals surface area contributed by atoms with Crippen LogP contribution < -0.4 is 9.80 Å². The van der Waals surface area contributed by atoms with Crippen molar-refractivity contribution in [2.75, 3.05) is 9.80 Å². The highest BCUT2D eigenvalue weighted by Crippen LogP contribution is 2.48. The lowest BCUT2D eigenvalue weighted by atomic mass is 9.84. The molecule has 10 aromatic rings. The van der Waals surface area contributed by atoms with E-state index in [1.807, 2.05) is 0 Å². The lowest BCUT2D eigenvalue weighted by molar-refractivity contribution is 0.586. The Morgan fingerprint density at radius 2 is 1.16 bits per heavy atom. The summed E-state index contributed by atoms with van der Waals surface area (Å²) in [6.45, 7) is 4.61. The fourth-order valence-corrected chi connectivity index (χ4v) is 10.1. The van der Waals surface area contributed by atoms with Crippen molar-refractivity contribution in [1.29, 1.82) is 0 Å². The monoisotopic (exact) mass is 800 g/mol. The molecule has 298 valence electrons. The van der Waals surface area contributed by atoms with Crippen molar-refractivity contribution in [2.24, 2.45) is 5.92 Å². The first-order valence-corrected chi connectivity index (χ1v) is 21.8. The van der Waals surface area contributed by atoms with Crippen LogP contribution >= 0.6 is 0 Å². The summed E-state index contributed by atoms with van der Waals surface area (Å²) in [5.74, 6) is 1.79. The number of hydrogen-bond acceptors (Lipinski definition) is 4. The van der Waals surface area contributed by atoms with Gasteiger partial charge in [0.05, 0.1) is 5.69 Å². The van der Waals surface area contributed by atoms with Crippen molar-refractivity contribution < 1.29 is 8.83 Å². The maximum atomic E-state index is 7.12. The van der Waals surface area contributed by atoms with Gasteiger partial charge in [0.25, 0.3) is 0 Å². The first-order chi connectivity index (χ1) is 30.6. The largest absolute Gasteiger partial charge is 0.456 e. The Labute approximate surface area is 361 Å². The molecule has 0 amide bonds. The lowest BCUT2D eigenvalue weighted by Crippen LogP contribution is -2.11. The number of benzene rings is 8. The zero-order valence-corrected chi connectivity index (χ0v) is 34.8. The minimum absolute atomic E-state index is 0.396. The van der Waals surface area contributed by atoms with Gasteiger partial charge in [-0.05, 0) is 132 Å². The van der Waals surface area contributed by atoms with E-state index >= 15 is 0 Å². The molecule has 2 aromatic heterocycles. The summed E-state index contributed by atoms with van der Waals surface area (Å²) in [5, 5.41) is 5.85. The lowest BCUT2D eigenvalue weighted by Gasteiger charge is -2.27. The van der Waals surface area contributed by atoms with Gasteiger partial charge in [0.1, 0.15) is 22.5 Å². The summed E-state index contributed by atoms with van der Waals surface area (Å²) < 4.78 is 13.5. The molecule has 2 aliphatic carbocycles. The number of rotatable bonds is 7. The number of furan rings is 2. The minimum Gasteiger partial charge on any atom is -0.456 e. The third-order valence-electron chi connectivity index (χ3n) is 13.0. The van der Waals surface area contributed by atoms with E-state index in [0.717, 1.165) is 85.8 Å². The van der Waals surface area contributed by atoms with E-state index in [0.29, 0.717) is 11.8 Å². The Balaban J connectivity index is 1.05. The van der Waals surface area contributed by atoms with E-state index in [2.05, 4.69) is 218 Å². The smallest absolute Gasteiger partial charge is 0.143 e. The van der Waals surface area contributed by atoms with Gasteiger partial charge in [-0.2, -0.15) is 0 Å². The molecule has 0 saturated carbocycles. The molecule has 0 saturated heterocycles. The van der Waals surface area contributed by atoms with Crippen LogP contribution in [-0.2, 0) is 6.42 Å². The van der Waals surface area contributed by atoms with Gasteiger partial charge in [0.2, 0.25) is 0 Å². The molecular weight excluding hydrogens is 757 g/mol. The number of fused-ring (bicyclic) bond motifs is 11. The van der Waals surface area contributed by atoms with Crippen LogP contribution in [0.2, 0.25) is 0 Å². The molecule has 8 aromatic carbocycles. The van der Waals surface area contributed by atoms with Gasteiger partial charge in [0.15, 0.2) is 0 Å². The van der Waals surface area contributed by atoms with Crippen molar-refractivity contribution in [3.05, 3.63) is 204 Å². The zero-order valence-electron chi connectivity index (χ0n) is 34.8. The normalized spacial score (nSPS) is 15.6. The summed E-state index contributed by atoms with van der Waals surface area (Å²) in [6, 6.07) is 61.0. The van der Waals surface area contributed by atoms with Gasteiger partial charge in [-0.3, -0.25) is 0 Å². The van der Waals surface area contributed by atoms with Crippen molar-refractivity contribution >= 4 is 90.0 Å². The van der Waals surface area contributed by atoms with Crippen LogP contribution in [0.5, 0.6) is 0 Å². The molecule has 0 spiro atoms. The number of nitrogens with zero attached hydrogens (tertiary/aromatic N) is 2. The highest BCUT2D eigenvalue weighted by molar-refractivity contribution is 6.20. The van der Waals surface area contributed by atoms with Crippen LogP contribution in [0.25, 0.3) is 67.0 Å². The molecule has 0 bridgehead atoms. The summed E-state index contributed by atoms with van der Waals surface area (Å²) in [6.07, 6.45) is 11.0. The molecule has 0 N–H and O–H groups in total. The Hall–Kier alpha value is -7.56. The molecule has 4 heteroatoms. The van der Waals surface area contributed by atoms with E-state index in [9.17, 15) is 0 Å². The van der Waals surface area contributed by atoms with Crippen LogP contribution in [0.4, 0.5) is 34.1 Å². The Kier molecular flexibility index (Phi) is 8.53.